The molecule has 0 radical (unpaired) electrons. The number of thioether (sulfide) groups is 1. The van der Waals surface area contributed by atoms with Gasteiger partial charge >= 0.3 is 0 Å². The number of pyridine rings is 1. The molecule has 6 heteroatoms. The molecule has 0 aliphatic carbocycles. The van der Waals surface area contributed by atoms with Gasteiger partial charge in [-0.15, -0.1) is 0 Å². The maximum atomic E-state index is 11.5. The highest BCUT2D eigenvalue weighted by Gasteiger charge is 2.09. The molecule has 0 unspecified atom stereocenters. The third-order valence-electron chi connectivity index (χ3n) is 2.06. The molecule has 0 fully saturated rings. The Bertz CT molecular complexity index is 572. The average Bonchev–Trinajstić information content (AvgIpc) is 2.60. The van der Waals surface area contributed by atoms with Crippen LogP contribution in [0, 0.1) is 12.3 Å². The number of nitrogens with zero attached hydrogens (tertiary/aromatic N) is 1. The summed E-state index contributed by atoms with van der Waals surface area (Å²) in [6.45, 7) is 1.70. The standard InChI is InChI=1S/C10H9N3O2S/c1-5-2-6(9(15)13-8(5)14)3-7-4-12-10(11)16-7/h2-4,11H,1H3,(H2,13,14,15). The number of aromatic amines is 1. The second-order valence-corrected chi connectivity index (χ2v) is 4.36. The highest BCUT2D eigenvalue weighted by atomic mass is 32.2. The number of aliphatic imine (C=N–C) groups is 1. The van der Waals surface area contributed by atoms with Crippen molar-refractivity contribution in [2.75, 3.05) is 0 Å². The third-order valence-corrected chi connectivity index (χ3v) is 2.82. The Hall–Kier alpha value is -1.82. The van der Waals surface area contributed by atoms with E-state index < -0.39 is 0 Å². The predicted octanol–water partition coefficient (Wildman–Crippen LogP) is 1.48. The van der Waals surface area contributed by atoms with Crippen molar-refractivity contribution in [2.24, 2.45) is 4.99 Å². The Labute approximate surface area is 95.4 Å². The summed E-state index contributed by atoms with van der Waals surface area (Å²) in [5, 5.41) is 16.8. The molecule has 82 valence electrons. The van der Waals surface area contributed by atoms with Crippen LogP contribution in [0.1, 0.15) is 11.1 Å². The van der Waals surface area contributed by atoms with Gasteiger partial charge in [-0.25, -0.2) is 4.99 Å². The van der Waals surface area contributed by atoms with Gasteiger partial charge in [0.05, 0.1) is 0 Å². The van der Waals surface area contributed by atoms with Crippen molar-refractivity contribution in [2.45, 2.75) is 6.92 Å². The molecule has 1 aromatic heterocycles. The second kappa shape index (κ2) is 3.97. The number of aryl methyl sites for hydroxylation is 1. The Morgan fingerprint density at radius 1 is 1.62 bits per heavy atom. The molecule has 2 rings (SSSR count). The number of hydrogen-bond acceptors (Lipinski definition) is 4. The van der Waals surface area contributed by atoms with Crippen LogP contribution in [0.15, 0.2) is 20.8 Å². The predicted molar refractivity (Wildman–Crippen MR) is 65.3 cm³/mol. The summed E-state index contributed by atoms with van der Waals surface area (Å²) >= 11 is 1.19. The fraction of sp³-hybridized carbons (Fsp3) is 0.100. The molecule has 0 bridgehead atoms. The number of H-pyrrole nitrogens is 1. The molecule has 2 heterocycles. The van der Waals surface area contributed by atoms with Gasteiger partial charge in [0.1, 0.15) is 0 Å². The van der Waals surface area contributed by atoms with Crippen LogP contribution in [-0.4, -0.2) is 21.5 Å². The third kappa shape index (κ3) is 2.06. The number of aromatic nitrogens is 1. The largest absolute Gasteiger partial charge is 0.494 e. The Kier molecular flexibility index (Phi) is 2.66. The van der Waals surface area contributed by atoms with E-state index in [2.05, 4.69) is 9.98 Å². The smallest absolute Gasteiger partial charge is 0.258 e. The average molecular weight is 235 g/mol. The summed E-state index contributed by atoms with van der Waals surface area (Å²) in [4.78, 5) is 18.3. The Balaban J connectivity index is 2.43. The molecule has 0 aromatic carbocycles. The van der Waals surface area contributed by atoms with Gasteiger partial charge in [0.25, 0.3) is 5.56 Å². The van der Waals surface area contributed by atoms with Crippen molar-refractivity contribution in [1.82, 2.24) is 4.98 Å². The number of nitrogens with one attached hydrogen (secondary N) is 2. The summed E-state index contributed by atoms with van der Waals surface area (Å²) in [7, 11) is 0. The topological polar surface area (TPSA) is 89.3 Å². The Morgan fingerprint density at radius 3 is 3.00 bits per heavy atom. The van der Waals surface area contributed by atoms with Crippen LogP contribution >= 0.6 is 11.8 Å². The molecule has 1 aliphatic heterocycles. The zero-order valence-electron chi connectivity index (χ0n) is 8.44. The van der Waals surface area contributed by atoms with Crippen molar-refractivity contribution in [3.05, 3.63) is 32.5 Å². The first-order chi connectivity index (χ1) is 7.56. The van der Waals surface area contributed by atoms with Crippen LogP contribution in [0.25, 0.3) is 6.08 Å². The lowest BCUT2D eigenvalue weighted by atomic mass is 10.2. The zero-order chi connectivity index (χ0) is 11.7. The lowest BCUT2D eigenvalue weighted by Gasteiger charge is -1.99. The molecule has 0 spiro atoms. The summed E-state index contributed by atoms with van der Waals surface area (Å²) in [5.74, 6) is -0.118. The molecule has 1 aromatic rings. The van der Waals surface area contributed by atoms with E-state index in [4.69, 9.17) is 5.41 Å². The van der Waals surface area contributed by atoms with Crippen LogP contribution in [0.3, 0.4) is 0 Å². The van der Waals surface area contributed by atoms with E-state index in [0.717, 1.165) is 4.91 Å². The molecule has 16 heavy (non-hydrogen) atoms. The molecule has 0 saturated carbocycles. The van der Waals surface area contributed by atoms with Gasteiger partial charge in [-0.1, -0.05) is 0 Å². The number of hydrogen-bond donors (Lipinski definition) is 3. The van der Waals surface area contributed by atoms with Gasteiger partial charge < -0.3 is 5.11 Å². The highest BCUT2D eigenvalue weighted by Crippen LogP contribution is 2.23. The number of aromatic hydroxyl groups is 1. The van der Waals surface area contributed by atoms with Gasteiger partial charge in [-0.05, 0) is 30.8 Å². The number of rotatable bonds is 1. The Morgan fingerprint density at radius 2 is 2.38 bits per heavy atom. The van der Waals surface area contributed by atoms with E-state index in [0.29, 0.717) is 11.1 Å². The lowest BCUT2D eigenvalue weighted by molar-refractivity contribution is 0.447. The summed E-state index contributed by atoms with van der Waals surface area (Å²) in [6, 6.07) is 1.59. The van der Waals surface area contributed by atoms with Gasteiger partial charge in [-0.3, -0.25) is 15.2 Å². The van der Waals surface area contributed by atoms with E-state index in [1.165, 1.54) is 18.0 Å². The van der Waals surface area contributed by atoms with Crippen molar-refractivity contribution in [3.8, 4) is 5.88 Å². The van der Waals surface area contributed by atoms with Gasteiger partial charge in [-0.2, -0.15) is 0 Å². The molecular weight excluding hydrogens is 226 g/mol. The highest BCUT2D eigenvalue weighted by molar-refractivity contribution is 8.18. The van der Waals surface area contributed by atoms with E-state index in [9.17, 15) is 9.90 Å². The van der Waals surface area contributed by atoms with E-state index >= 15 is 0 Å². The van der Waals surface area contributed by atoms with E-state index in [1.54, 1.807) is 19.1 Å². The molecular formula is C10H9N3O2S. The molecule has 5 nitrogen and oxygen atoms in total. The normalized spacial score (nSPS) is 17.3. The second-order valence-electron chi connectivity index (χ2n) is 3.30. The quantitative estimate of drug-likeness (QED) is 0.688. The van der Waals surface area contributed by atoms with Crippen molar-refractivity contribution in [3.63, 3.8) is 0 Å². The maximum Gasteiger partial charge on any atom is 0.258 e. The summed E-state index contributed by atoms with van der Waals surface area (Å²) in [5.41, 5.74) is 0.684. The number of amidine groups is 1. The zero-order valence-corrected chi connectivity index (χ0v) is 9.26. The molecule has 0 saturated heterocycles. The van der Waals surface area contributed by atoms with Crippen molar-refractivity contribution < 1.29 is 5.11 Å². The van der Waals surface area contributed by atoms with Crippen molar-refractivity contribution in [1.29, 1.82) is 5.41 Å². The van der Waals surface area contributed by atoms with Crippen LogP contribution < -0.4 is 5.56 Å². The first-order valence-corrected chi connectivity index (χ1v) is 5.33. The van der Waals surface area contributed by atoms with E-state index in [-0.39, 0.29) is 16.6 Å². The van der Waals surface area contributed by atoms with Crippen LogP contribution in [0.2, 0.25) is 0 Å². The van der Waals surface area contributed by atoms with Crippen LogP contribution in [0.5, 0.6) is 5.88 Å². The fourth-order valence-electron chi connectivity index (χ4n) is 1.26. The van der Waals surface area contributed by atoms with E-state index in [1.807, 2.05) is 0 Å². The monoisotopic (exact) mass is 235 g/mol. The first kappa shape index (κ1) is 10.7. The first-order valence-electron chi connectivity index (χ1n) is 4.51. The van der Waals surface area contributed by atoms with Crippen molar-refractivity contribution >= 4 is 29.2 Å². The fourth-order valence-corrected chi connectivity index (χ4v) is 1.88. The number of allylic oxidation sites excluding steroid dienone is 1. The minimum Gasteiger partial charge on any atom is -0.494 e. The SMILES string of the molecule is Cc1cc(C=C2C=NC(=N)S2)c(=O)[nH]c1O. The molecule has 0 atom stereocenters. The maximum absolute atomic E-state index is 11.5. The lowest BCUT2D eigenvalue weighted by Crippen LogP contribution is -2.09. The van der Waals surface area contributed by atoms with Gasteiger partial charge in [0.2, 0.25) is 0 Å². The summed E-state index contributed by atoms with van der Waals surface area (Å²) < 4.78 is 0. The minimum absolute atomic E-state index is 0.118. The minimum atomic E-state index is -0.358. The van der Waals surface area contributed by atoms with Crippen LogP contribution in [-0.2, 0) is 0 Å². The molecule has 1 aliphatic rings. The van der Waals surface area contributed by atoms with Gasteiger partial charge in [0.15, 0.2) is 11.0 Å². The van der Waals surface area contributed by atoms with Gasteiger partial charge in [0, 0.05) is 22.2 Å². The molecule has 0 amide bonds. The van der Waals surface area contributed by atoms with Crippen LogP contribution in [0.4, 0.5) is 0 Å². The summed E-state index contributed by atoms with van der Waals surface area (Å²) in [6.07, 6.45) is 3.18. The molecule has 3 N–H and O–H groups in total.